The Balaban J connectivity index is 1.55. The van der Waals surface area contributed by atoms with E-state index in [1.165, 1.54) is 4.90 Å². The van der Waals surface area contributed by atoms with Gasteiger partial charge in [-0.15, -0.1) is 0 Å². The van der Waals surface area contributed by atoms with Crippen LogP contribution in [-0.4, -0.2) is 42.9 Å². The molecule has 3 amide bonds. The summed E-state index contributed by atoms with van der Waals surface area (Å²) >= 11 is 0. The predicted octanol–water partition coefficient (Wildman–Crippen LogP) is 2.08. The zero-order chi connectivity index (χ0) is 22.2. The first-order chi connectivity index (χ1) is 14.9. The van der Waals surface area contributed by atoms with Crippen LogP contribution in [-0.2, 0) is 22.7 Å². The predicted molar refractivity (Wildman–Crippen MR) is 109 cm³/mol. The first-order valence-electron chi connectivity index (χ1n) is 10.1. The molecule has 2 aromatic rings. The molecule has 2 aliphatic rings. The van der Waals surface area contributed by atoms with Gasteiger partial charge in [-0.05, 0) is 36.2 Å². The van der Waals surface area contributed by atoms with E-state index in [1.807, 2.05) is 24.3 Å². The topological polar surface area (TPSA) is 97.0 Å². The molecule has 2 aromatic carbocycles. The van der Waals surface area contributed by atoms with Gasteiger partial charge in [0.2, 0.25) is 11.8 Å². The highest BCUT2D eigenvalue weighted by molar-refractivity contribution is 6.06. The largest absolute Gasteiger partial charge is 0.493 e. The van der Waals surface area contributed by atoms with E-state index in [4.69, 9.17) is 10.8 Å². The molecule has 8 heteroatoms. The average molecular weight is 410 g/mol. The van der Waals surface area contributed by atoms with Crippen LogP contribution in [0.4, 0.5) is 5.69 Å². The van der Waals surface area contributed by atoms with Crippen molar-refractivity contribution in [2.45, 2.75) is 31.9 Å². The second-order valence-corrected chi connectivity index (χ2v) is 7.09. The molecule has 0 bridgehead atoms. The standard InChI is InChI=1S/C22H23N3O5/c1-29-18-8-6-13(10-19(18)30-2)11-23-16-5-3-4-14-15(16)12-25(22(14)28)17-7-9-20(26)24-21(17)27/h3-6,8,10,17,23H,7,9,11-12H2,1-2H3,(H,24,26,27)/t17-/m1/s1/i17D. The number of hydrogen-bond donors (Lipinski definition) is 2. The molecule has 30 heavy (non-hydrogen) atoms. The van der Waals surface area contributed by atoms with E-state index < -0.39 is 17.8 Å². The number of hydrogen-bond acceptors (Lipinski definition) is 6. The SMILES string of the molecule is [2H][C@@]1(N2Cc3c(NCc4ccc(OC)c(OC)c4)cccc3C2=O)CCC(=O)NC1=O. The maximum atomic E-state index is 13.0. The second-order valence-electron chi connectivity index (χ2n) is 7.09. The summed E-state index contributed by atoms with van der Waals surface area (Å²) in [6.07, 6.45) is 0.00553. The number of methoxy groups -OCH3 is 2. The van der Waals surface area contributed by atoms with Crippen LogP contribution in [0.2, 0.25) is 0 Å². The van der Waals surface area contributed by atoms with E-state index in [9.17, 15) is 14.4 Å². The van der Waals surface area contributed by atoms with E-state index in [1.54, 1.807) is 26.4 Å². The highest BCUT2D eigenvalue weighted by Gasteiger charge is 2.39. The number of nitrogens with zero attached hydrogens (tertiary/aromatic N) is 1. The number of ether oxygens (including phenoxy) is 2. The lowest BCUT2D eigenvalue weighted by Crippen LogP contribution is -2.52. The van der Waals surface area contributed by atoms with Gasteiger partial charge in [-0.1, -0.05) is 12.1 Å². The van der Waals surface area contributed by atoms with Crippen LogP contribution in [0.3, 0.4) is 0 Å². The van der Waals surface area contributed by atoms with Crippen LogP contribution in [0.1, 0.15) is 35.7 Å². The quantitative estimate of drug-likeness (QED) is 0.708. The summed E-state index contributed by atoms with van der Waals surface area (Å²) in [4.78, 5) is 38.1. The summed E-state index contributed by atoms with van der Waals surface area (Å²) in [5.41, 5.74) is 2.88. The molecular formula is C22H23N3O5. The van der Waals surface area contributed by atoms with Crippen LogP contribution in [0, 0.1) is 0 Å². The molecule has 0 unspecified atom stereocenters. The van der Waals surface area contributed by atoms with Gasteiger partial charge in [-0.25, -0.2) is 0 Å². The number of carbonyl (C=O) groups is 3. The molecule has 0 aliphatic carbocycles. The van der Waals surface area contributed by atoms with Gasteiger partial charge in [0.1, 0.15) is 6.02 Å². The molecule has 0 aromatic heterocycles. The van der Waals surface area contributed by atoms with Gasteiger partial charge < -0.3 is 19.7 Å². The molecule has 0 spiro atoms. The van der Waals surface area contributed by atoms with Crippen molar-refractivity contribution < 1.29 is 25.2 Å². The number of imide groups is 1. The van der Waals surface area contributed by atoms with E-state index in [2.05, 4.69) is 10.6 Å². The van der Waals surface area contributed by atoms with Crippen molar-refractivity contribution in [2.24, 2.45) is 0 Å². The number of fused-ring (bicyclic) bond motifs is 1. The minimum Gasteiger partial charge on any atom is -0.493 e. The van der Waals surface area contributed by atoms with Crippen molar-refractivity contribution in [1.82, 2.24) is 10.2 Å². The van der Waals surface area contributed by atoms with Crippen LogP contribution in [0.5, 0.6) is 11.5 Å². The highest BCUT2D eigenvalue weighted by atomic mass is 16.5. The Labute approximate surface area is 175 Å². The molecule has 1 saturated heterocycles. The molecule has 1 fully saturated rings. The minimum absolute atomic E-state index is 0.0220. The number of piperidine rings is 1. The van der Waals surface area contributed by atoms with Crippen molar-refractivity contribution in [3.8, 4) is 11.5 Å². The maximum Gasteiger partial charge on any atom is 0.255 e. The average Bonchev–Trinajstić information content (AvgIpc) is 3.12. The van der Waals surface area contributed by atoms with Crippen LogP contribution >= 0.6 is 0 Å². The number of rotatable bonds is 6. The zero-order valence-electron chi connectivity index (χ0n) is 17.8. The summed E-state index contributed by atoms with van der Waals surface area (Å²) in [6.45, 7) is 0.598. The molecule has 8 nitrogen and oxygen atoms in total. The number of carbonyl (C=O) groups excluding carboxylic acids is 3. The molecule has 156 valence electrons. The first-order valence-corrected chi connectivity index (χ1v) is 9.60. The fraction of sp³-hybridized carbons (Fsp3) is 0.318. The van der Waals surface area contributed by atoms with Crippen molar-refractivity contribution >= 4 is 23.4 Å². The van der Waals surface area contributed by atoms with Crippen molar-refractivity contribution in [3.05, 3.63) is 53.1 Å². The Morgan fingerprint density at radius 2 is 1.97 bits per heavy atom. The Morgan fingerprint density at radius 3 is 2.70 bits per heavy atom. The maximum absolute atomic E-state index is 13.0. The monoisotopic (exact) mass is 410 g/mol. The summed E-state index contributed by atoms with van der Waals surface area (Å²) in [5.74, 6) is -0.308. The summed E-state index contributed by atoms with van der Waals surface area (Å²) < 4.78 is 19.2. The fourth-order valence-electron chi connectivity index (χ4n) is 3.77. The minimum atomic E-state index is -1.80. The van der Waals surface area contributed by atoms with Crippen molar-refractivity contribution in [1.29, 1.82) is 0 Å². The smallest absolute Gasteiger partial charge is 0.255 e. The number of nitrogens with one attached hydrogen (secondary N) is 2. The molecule has 0 saturated carbocycles. The molecule has 2 N–H and O–H groups in total. The summed E-state index contributed by atoms with van der Waals surface area (Å²) in [7, 11) is 3.15. The molecular weight excluding hydrogens is 386 g/mol. The Kier molecular flexibility index (Phi) is 4.96. The molecule has 1 atom stereocenters. The van der Waals surface area contributed by atoms with E-state index in [0.29, 0.717) is 23.6 Å². The van der Waals surface area contributed by atoms with Crippen LogP contribution in [0.15, 0.2) is 36.4 Å². The van der Waals surface area contributed by atoms with Crippen LogP contribution in [0.25, 0.3) is 0 Å². The fourth-order valence-corrected chi connectivity index (χ4v) is 3.77. The summed E-state index contributed by atoms with van der Waals surface area (Å²) in [5, 5.41) is 5.51. The van der Waals surface area contributed by atoms with Gasteiger partial charge in [0.05, 0.1) is 15.6 Å². The van der Waals surface area contributed by atoms with Gasteiger partial charge in [0.25, 0.3) is 5.91 Å². The van der Waals surface area contributed by atoms with E-state index >= 15 is 0 Å². The van der Waals surface area contributed by atoms with Crippen molar-refractivity contribution in [3.63, 3.8) is 0 Å². The first kappa shape index (κ1) is 18.5. The van der Waals surface area contributed by atoms with Crippen LogP contribution < -0.4 is 20.1 Å². The lowest BCUT2D eigenvalue weighted by molar-refractivity contribution is -0.136. The number of benzene rings is 2. The Bertz CT molecular complexity index is 1070. The normalized spacial score (nSPS) is 21.1. The van der Waals surface area contributed by atoms with Gasteiger partial charge in [-0.2, -0.15) is 0 Å². The third-order valence-corrected chi connectivity index (χ3v) is 5.33. The van der Waals surface area contributed by atoms with Gasteiger partial charge in [0, 0.05) is 36.3 Å². The van der Waals surface area contributed by atoms with Gasteiger partial charge in [-0.3, -0.25) is 19.7 Å². The molecule has 4 rings (SSSR count). The lowest BCUT2D eigenvalue weighted by Gasteiger charge is -2.29. The third-order valence-electron chi connectivity index (χ3n) is 5.33. The Hall–Kier alpha value is -3.55. The number of amides is 3. The third kappa shape index (κ3) is 3.56. The second kappa shape index (κ2) is 8.06. The van der Waals surface area contributed by atoms with Gasteiger partial charge in [0.15, 0.2) is 11.5 Å². The molecule has 2 heterocycles. The number of anilines is 1. The van der Waals surface area contributed by atoms with Crippen molar-refractivity contribution in [2.75, 3.05) is 19.5 Å². The summed E-state index contributed by atoms with van der Waals surface area (Å²) in [6, 6.07) is 9.12. The Morgan fingerprint density at radius 1 is 1.17 bits per heavy atom. The zero-order valence-corrected chi connectivity index (χ0v) is 16.8. The van der Waals surface area contributed by atoms with E-state index in [0.717, 1.165) is 16.8 Å². The lowest BCUT2D eigenvalue weighted by atomic mass is 10.0. The molecule has 0 radical (unpaired) electrons. The molecule has 2 aliphatic heterocycles. The van der Waals surface area contributed by atoms with Gasteiger partial charge >= 0.3 is 0 Å². The van der Waals surface area contributed by atoms with E-state index in [-0.39, 0.29) is 25.3 Å². The highest BCUT2D eigenvalue weighted by Crippen LogP contribution is 2.33.